The number of nitrogens with zero attached hydrogens (tertiary/aromatic N) is 1. The number of likely N-dealkylation sites (tertiary alicyclic amines) is 1. The normalized spacial score (nSPS) is 16.4. The molecule has 0 aromatic carbocycles. The second kappa shape index (κ2) is 6.00. The molecule has 1 aliphatic rings. The van der Waals surface area contributed by atoms with Gasteiger partial charge in [0, 0.05) is 26.1 Å². The summed E-state index contributed by atoms with van der Waals surface area (Å²) in [6, 6.07) is 0.634. The summed E-state index contributed by atoms with van der Waals surface area (Å²) in [4.78, 5) is 12.3. The third-order valence-corrected chi connectivity index (χ3v) is 1.89. The van der Waals surface area contributed by atoms with Crippen molar-refractivity contribution in [1.82, 2.24) is 10.2 Å². The van der Waals surface area contributed by atoms with E-state index in [0.717, 1.165) is 19.4 Å². The maximum Gasteiger partial charge on any atom is 0.222 e. The van der Waals surface area contributed by atoms with E-state index < -0.39 is 0 Å². The van der Waals surface area contributed by atoms with Gasteiger partial charge in [0.25, 0.3) is 0 Å². The monoisotopic (exact) mass is 172 g/mol. The third kappa shape index (κ3) is 5.13. The van der Waals surface area contributed by atoms with Crippen molar-refractivity contribution < 1.29 is 4.79 Å². The molecule has 72 valence electrons. The first kappa shape index (κ1) is 11.4. The van der Waals surface area contributed by atoms with Gasteiger partial charge in [0.1, 0.15) is 0 Å². The fraction of sp³-hybridized carbons (Fsp3) is 0.889. The molecular weight excluding hydrogens is 152 g/mol. The highest BCUT2D eigenvalue weighted by atomic mass is 16.2. The molecule has 1 fully saturated rings. The van der Waals surface area contributed by atoms with E-state index in [9.17, 15) is 4.79 Å². The van der Waals surface area contributed by atoms with E-state index in [4.69, 9.17) is 0 Å². The first-order chi connectivity index (χ1) is 5.57. The van der Waals surface area contributed by atoms with Crippen LogP contribution in [0.25, 0.3) is 0 Å². The molecule has 0 aromatic rings. The number of carbonyl (C=O) groups is 1. The van der Waals surface area contributed by atoms with E-state index in [1.165, 1.54) is 0 Å². The van der Waals surface area contributed by atoms with E-state index in [1.807, 2.05) is 14.1 Å². The molecule has 0 aliphatic carbocycles. The molecule has 3 nitrogen and oxygen atoms in total. The topological polar surface area (TPSA) is 32.3 Å². The Balaban J connectivity index is 0.000000217. The fourth-order valence-electron chi connectivity index (χ4n) is 0.783. The van der Waals surface area contributed by atoms with Crippen molar-refractivity contribution in [2.75, 3.05) is 20.6 Å². The molecular formula is C9H20N2O. The minimum Gasteiger partial charge on any atom is -0.346 e. The van der Waals surface area contributed by atoms with Crippen LogP contribution in [-0.2, 0) is 4.79 Å². The number of hydrogen-bond donors (Lipinski definition) is 1. The summed E-state index contributed by atoms with van der Waals surface area (Å²) in [5.41, 5.74) is 0. The molecule has 3 heteroatoms. The number of amides is 1. The average Bonchev–Trinajstić information content (AvgIpc) is 2.37. The van der Waals surface area contributed by atoms with Crippen molar-refractivity contribution in [2.24, 2.45) is 0 Å². The van der Waals surface area contributed by atoms with Crippen molar-refractivity contribution in [3.8, 4) is 0 Å². The van der Waals surface area contributed by atoms with Gasteiger partial charge in [-0.15, -0.1) is 0 Å². The molecule has 0 saturated carbocycles. The first-order valence-electron chi connectivity index (χ1n) is 4.49. The van der Waals surface area contributed by atoms with Crippen molar-refractivity contribution in [1.29, 1.82) is 0 Å². The van der Waals surface area contributed by atoms with E-state index >= 15 is 0 Å². The van der Waals surface area contributed by atoms with E-state index in [1.54, 1.807) is 4.90 Å². The summed E-state index contributed by atoms with van der Waals surface area (Å²) in [7, 11) is 3.79. The first-order valence-corrected chi connectivity index (χ1v) is 4.49. The highest BCUT2D eigenvalue weighted by Crippen LogP contribution is 2.04. The summed E-state index contributed by atoms with van der Waals surface area (Å²) >= 11 is 0. The Morgan fingerprint density at radius 3 is 2.08 bits per heavy atom. The van der Waals surface area contributed by atoms with E-state index in [-0.39, 0.29) is 0 Å². The molecule has 0 bridgehead atoms. The van der Waals surface area contributed by atoms with Crippen LogP contribution in [0.2, 0.25) is 0 Å². The number of carbonyl (C=O) groups excluding carboxylic acids is 1. The van der Waals surface area contributed by atoms with Gasteiger partial charge in [-0.1, -0.05) is 13.8 Å². The molecule has 1 saturated heterocycles. The van der Waals surface area contributed by atoms with Crippen LogP contribution in [0.5, 0.6) is 0 Å². The van der Waals surface area contributed by atoms with Gasteiger partial charge in [0.15, 0.2) is 0 Å². The van der Waals surface area contributed by atoms with Gasteiger partial charge in [0.2, 0.25) is 5.91 Å². The van der Waals surface area contributed by atoms with Crippen LogP contribution >= 0.6 is 0 Å². The van der Waals surface area contributed by atoms with Crippen LogP contribution in [0.3, 0.4) is 0 Å². The predicted molar refractivity (Wildman–Crippen MR) is 51.1 cm³/mol. The number of nitrogens with one attached hydrogen (secondary N) is 1. The lowest BCUT2D eigenvalue weighted by Gasteiger charge is -2.03. The smallest absolute Gasteiger partial charge is 0.222 e. The number of hydrogen-bond acceptors (Lipinski definition) is 2. The van der Waals surface area contributed by atoms with Crippen LogP contribution in [0.4, 0.5) is 0 Å². The van der Waals surface area contributed by atoms with Gasteiger partial charge in [-0.25, -0.2) is 0 Å². The van der Waals surface area contributed by atoms with Crippen LogP contribution in [0.1, 0.15) is 26.7 Å². The summed E-state index contributed by atoms with van der Waals surface area (Å²) in [5, 5.41) is 3.03. The Bertz CT molecular complexity index is 134. The van der Waals surface area contributed by atoms with Crippen LogP contribution in [0, 0.1) is 0 Å². The minimum atomic E-state index is 0.292. The van der Waals surface area contributed by atoms with Crippen molar-refractivity contribution in [3.05, 3.63) is 0 Å². The van der Waals surface area contributed by atoms with Crippen LogP contribution in [0.15, 0.2) is 0 Å². The van der Waals surface area contributed by atoms with Crippen LogP contribution < -0.4 is 5.32 Å². The molecule has 1 aliphatic heterocycles. The fourth-order valence-corrected chi connectivity index (χ4v) is 0.783. The summed E-state index contributed by atoms with van der Waals surface area (Å²) < 4.78 is 0. The van der Waals surface area contributed by atoms with Gasteiger partial charge in [-0.3, -0.25) is 4.79 Å². The summed E-state index contributed by atoms with van der Waals surface area (Å²) in [6.07, 6.45) is 1.81. The highest BCUT2D eigenvalue weighted by molar-refractivity contribution is 5.77. The SMILES string of the molecule is CN1CCCC1=O.CNC(C)C. The zero-order chi connectivity index (χ0) is 9.56. The third-order valence-electron chi connectivity index (χ3n) is 1.89. The Morgan fingerprint density at radius 2 is 2.00 bits per heavy atom. The standard InChI is InChI=1S/C5H9NO.C4H11N/c1-6-4-2-3-5(6)7;1-4(2)5-3/h2-4H2,1H3;4-5H,1-3H3. The molecule has 0 atom stereocenters. The Hall–Kier alpha value is -0.570. The molecule has 0 unspecified atom stereocenters. The quantitative estimate of drug-likeness (QED) is 0.636. The van der Waals surface area contributed by atoms with Crippen molar-refractivity contribution in [3.63, 3.8) is 0 Å². The van der Waals surface area contributed by atoms with Crippen molar-refractivity contribution >= 4 is 5.91 Å². The largest absolute Gasteiger partial charge is 0.346 e. The van der Waals surface area contributed by atoms with Gasteiger partial charge in [-0.05, 0) is 13.5 Å². The zero-order valence-corrected chi connectivity index (χ0v) is 8.55. The molecule has 12 heavy (non-hydrogen) atoms. The summed E-state index contributed by atoms with van der Waals surface area (Å²) in [6.45, 7) is 5.18. The van der Waals surface area contributed by atoms with E-state index in [0.29, 0.717) is 11.9 Å². The predicted octanol–water partition coefficient (Wildman–Crippen LogP) is 0.853. The highest BCUT2D eigenvalue weighted by Gasteiger charge is 2.14. The lowest BCUT2D eigenvalue weighted by atomic mass is 10.4. The Kier molecular flexibility index (Phi) is 5.72. The average molecular weight is 172 g/mol. The Labute approximate surface area is 75.1 Å². The second-order valence-corrected chi connectivity index (χ2v) is 3.36. The Morgan fingerprint density at radius 1 is 1.50 bits per heavy atom. The second-order valence-electron chi connectivity index (χ2n) is 3.36. The van der Waals surface area contributed by atoms with E-state index in [2.05, 4.69) is 19.2 Å². The molecule has 0 radical (unpaired) electrons. The molecule has 0 aromatic heterocycles. The van der Waals surface area contributed by atoms with Gasteiger partial charge in [-0.2, -0.15) is 0 Å². The molecule has 0 spiro atoms. The lowest BCUT2D eigenvalue weighted by molar-refractivity contribution is -0.126. The molecule has 1 N–H and O–H groups in total. The maximum atomic E-state index is 10.5. The maximum absolute atomic E-state index is 10.5. The number of rotatable bonds is 1. The van der Waals surface area contributed by atoms with Crippen LogP contribution in [-0.4, -0.2) is 37.5 Å². The molecule has 1 rings (SSSR count). The summed E-state index contributed by atoms with van der Waals surface area (Å²) in [5.74, 6) is 0.292. The van der Waals surface area contributed by atoms with Gasteiger partial charge >= 0.3 is 0 Å². The van der Waals surface area contributed by atoms with Gasteiger partial charge in [0.05, 0.1) is 0 Å². The minimum absolute atomic E-state index is 0.292. The molecule has 1 heterocycles. The molecule has 1 amide bonds. The lowest BCUT2D eigenvalue weighted by Crippen LogP contribution is -2.17. The van der Waals surface area contributed by atoms with Crippen molar-refractivity contribution in [2.45, 2.75) is 32.7 Å². The zero-order valence-electron chi connectivity index (χ0n) is 8.55. The van der Waals surface area contributed by atoms with Gasteiger partial charge < -0.3 is 10.2 Å².